The maximum atomic E-state index is 11.0. The molecule has 20 heavy (non-hydrogen) atoms. The van der Waals surface area contributed by atoms with E-state index in [0.717, 1.165) is 32.4 Å². The Balaban J connectivity index is 2.06. The molecular weight excluding hydrogens is 260 g/mol. The Bertz CT molecular complexity index is 461. The topological polar surface area (TPSA) is 89.3 Å². The molecule has 1 aromatic rings. The molecule has 2 rings (SSSR count). The molecule has 0 amide bonds. The van der Waals surface area contributed by atoms with Crippen LogP contribution in [0.3, 0.4) is 0 Å². The lowest BCUT2D eigenvalue weighted by molar-refractivity contribution is -0.384. The van der Waals surface area contributed by atoms with E-state index in [1.807, 2.05) is 6.92 Å². The summed E-state index contributed by atoms with van der Waals surface area (Å²) in [5, 5.41) is 17.1. The van der Waals surface area contributed by atoms with Gasteiger partial charge in [0, 0.05) is 25.8 Å². The summed E-state index contributed by atoms with van der Waals surface area (Å²) < 4.78 is 5.60. The molecule has 0 saturated carbocycles. The highest BCUT2D eigenvalue weighted by atomic mass is 16.6. The summed E-state index contributed by atoms with van der Waals surface area (Å²) in [5.41, 5.74) is -0.0116. The molecule has 7 heteroatoms. The van der Waals surface area contributed by atoms with Gasteiger partial charge in [0.2, 0.25) is 5.82 Å². The summed E-state index contributed by atoms with van der Waals surface area (Å²) >= 11 is 0. The van der Waals surface area contributed by atoms with Crippen molar-refractivity contribution in [1.29, 1.82) is 0 Å². The van der Waals surface area contributed by atoms with E-state index >= 15 is 0 Å². The second-order valence-electron chi connectivity index (χ2n) is 4.72. The molecule has 0 aromatic carbocycles. The SMILES string of the molecule is CCNc1ccc([N+](=O)[O-])c(NCC2CCCCO2)n1. The van der Waals surface area contributed by atoms with E-state index in [-0.39, 0.29) is 11.8 Å². The van der Waals surface area contributed by atoms with Gasteiger partial charge in [-0.1, -0.05) is 0 Å². The second-order valence-corrected chi connectivity index (χ2v) is 4.72. The average molecular weight is 280 g/mol. The first-order valence-corrected chi connectivity index (χ1v) is 6.95. The van der Waals surface area contributed by atoms with Gasteiger partial charge in [0.1, 0.15) is 5.82 Å². The minimum absolute atomic E-state index is 0.0116. The molecule has 110 valence electrons. The van der Waals surface area contributed by atoms with E-state index in [2.05, 4.69) is 15.6 Å². The first-order chi connectivity index (χ1) is 9.70. The molecule has 2 heterocycles. The van der Waals surface area contributed by atoms with Crippen molar-refractivity contribution < 1.29 is 9.66 Å². The van der Waals surface area contributed by atoms with Crippen molar-refractivity contribution in [1.82, 2.24) is 4.98 Å². The first-order valence-electron chi connectivity index (χ1n) is 6.95. The molecular formula is C13H20N4O3. The Morgan fingerprint density at radius 3 is 2.95 bits per heavy atom. The number of anilines is 2. The lowest BCUT2D eigenvalue weighted by atomic mass is 10.1. The highest BCUT2D eigenvalue weighted by Gasteiger charge is 2.19. The van der Waals surface area contributed by atoms with Gasteiger partial charge in [0.15, 0.2) is 0 Å². The number of rotatable bonds is 6. The number of pyridine rings is 1. The maximum Gasteiger partial charge on any atom is 0.311 e. The van der Waals surface area contributed by atoms with Gasteiger partial charge >= 0.3 is 5.69 Å². The Labute approximate surface area is 117 Å². The lowest BCUT2D eigenvalue weighted by Crippen LogP contribution is -2.27. The Morgan fingerprint density at radius 1 is 1.45 bits per heavy atom. The molecule has 0 bridgehead atoms. The smallest absolute Gasteiger partial charge is 0.311 e. The maximum absolute atomic E-state index is 11.0. The fourth-order valence-electron chi connectivity index (χ4n) is 2.19. The van der Waals surface area contributed by atoms with Gasteiger partial charge in [0.25, 0.3) is 0 Å². The van der Waals surface area contributed by atoms with Crippen LogP contribution in [0.25, 0.3) is 0 Å². The molecule has 1 aromatic heterocycles. The van der Waals surface area contributed by atoms with Gasteiger partial charge in [-0.2, -0.15) is 0 Å². The molecule has 2 N–H and O–H groups in total. The summed E-state index contributed by atoms with van der Waals surface area (Å²) in [6.07, 6.45) is 3.31. The van der Waals surface area contributed by atoms with Crippen LogP contribution in [0.4, 0.5) is 17.3 Å². The van der Waals surface area contributed by atoms with Crippen molar-refractivity contribution in [3.05, 3.63) is 22.2 Å². The van der Waals surface area contributed by atoms with Crippen molar-refractivity contribution in [3.63, 3.8) is 0 Å². The third-order valence-corrected chi connectivity index (χ3v) is 3.20. The molecule has 1 aliphatic heterocycles. The normalized spacial score (nSPS) is 18.6. The Morgan fingerprint density at radius 2 is 2.30 bits per heavy atom. The second kappa shape index (κ2) is 7.04. The van der Waals surface area contributed by atoms with Gasteiger partial charge in [-0.25, -0.2) is 4.98 Å². The van der Waals surface area contributed by atoms with Crippen molar-refractivity contribution >= 4 is 17.3 Å². The van der Waals surface area contributed by atoms with Crippen molar-refractivity contribution in [2.24, 2.45) is 0 Å². The van der Waals surface area contributed by atoms with Gasteiger partial charge in [-0.15, -0.1) is 0 Å². The molecule has 0 spiro atoms. The number of hydrogen-bond acceptors (Lipinski definition) is 6. The molecule has 7 nitrogen and oxygen atoms in total. The standard InChI is InChI=1S/C13H20N4O3/c1-2-14-12-7-6-11(17(18)19)13(16-12)15-9-10-5-3-4-8-20-10/h6-7,10H,2-5,8-9H2,1H3,(H2,14,15,16). The summed E-state index contributed by atoms with van der Waals surface area (Å²) in [6, 6.07) is 3.08. The van der Waals surface area contributed by atoms with E-state index in [0.29, 0.717) is 18.2 Å². The zero-order chi connectivity index (χ0) is 14.4. The van der Waals surface area contributed by atoms with Crippen LogP contribution in [-0.2, 0) is 4.74 Å². The first kappa shape index (κ1) is 14.5. The van der Waals surface area contributed by atoms with Crippen LogP contribution in [0.15, 0.2) is 12.1 Å². The van der Waals surface area contributed by atoms with E-state index in [4.69, 9.17) is 4.74 Å². The van der Waals surface area contributed by atoms with Gasteiger partial charge < -0.3 is 15.4 Å². The number of nitrogens with zero attached hydrogens (tertiary/aromatic N) is 2. The molecule has 0 radical (unpaired) electrons. The van der Waals surface area contributed by atoms with Crippen LogP contribution < -0.4 is 10.6 Å². The number of aromatic nitrogens is 1. The third-order valence-electron chi connectivity index (χ3n) is 3.20. The zero-order valence-electron chi connectivity index (χ0n) is 11.6. The predicted molar refractivity (Wildman–Crippen MR) is 77.1 cm³/mol. The fourth-order valence-corrected chi connectivity index (χ4v) is 2.19. The van der Waals surface area contributed by atoms with Crippen LogP contribution in [0, 0.1) is 10.1 Å². The van der Waals surface area contributed by atoms with Crippen molar-refractivity contribution in [2.45, 2.75) is 32.3 Å². The summed E-state index contributed by atoms with van der Waals surface area (Å²) in [7, 11) is 0. The van der Waals surface area contributed by atoms with Crippen LogP contribution in [0.1, 0.15) is 26.2 Å². The summed E-state index contributed by atoms with van der Waals surface area (Å²) in [4.78, 5) is 14.8. The minimum Gasteiger partial charge on any atom is -0.376 e. The largest absolute Gasteiger partial charge is 0.376 e. The monoisotopic (exact) mass is 280 g/mol. The molecule has 0 aliphatic carbocycles. The number of nitro groups is 1. The Kier molecular flexibility index (Phi) is 5.11. The number of ether oxygens (including phenoxy) is 1. The molecule has 1 fully saturated rings. The van der Waals surface area contributed by atoms with Crippen molar-refractivity contribution in [2.75, 3.05) is 30.3 Å². The van der Waals surface area contributed by atoms with E-state index in [1.165, 1.54) is 6.07 Å². The summed E-state index contributed by atoms with van der Waals surface area (Å²) in [6.45, 7) is 3.98. The van der Waals surface area contributed by atoms with Crippen LogP contribution in [-0.4, -0.2) is 35.7 Å². The summed E-state index contributed by atoms with van der Waals surface area (Å²) in [5.74, 6) is 0.924. The molecule has 1 unspecified atom stereocenters. The fraction of sp³-hybridized carbons (Fsp3) is 0.615. The third kappa shape index (κ3) is 3.80. The van der Waals surface area contributed by atoms with Gasteiger partial charge in [-0.05, 0) is 32.3 Å². The molecule has 1 saturated heterocycles. The molecule has 1 aliphatic rings. The van der Waals surface area contributed by atoms with Gasteiger partial charge in [0.05, 0.1) is 11.0 Å². The van der Waals surface area contributed by atoms with Crippen molar-refractivity contribution in [3.8, 4) is 0 Å². The predicted octanol–water partition coefficient (Wildman–Crippen LogP) is 2.40. The van der Waals surface area contributed by atoms with Crippen LogP contribution >= 0.6 is 0 Å². The number of nitrogens with one attached hydrogen (secondary N) is 2. The van der Waals surface area contributed by atoms with Gasteiger partial charge in [-0.3, -0.25) is 10.1 Å². The molecule has 1 atom stereocenters. The average Bonchev–Trinajstić information content (AvgIpc) is 2.46. The highest BCUT2D eigenvalue weighted by molar-refractivity contribution is 5.60. The Hall–Kier alpha value is -1.89. The lowest BCUT2D eigenvalue weighted by Gasteiger charge is -2.22. The van der Waals surface area contributed by atoms with Crippen LogP contribution in [0.5, 0.6) is 0 Å². The van der Waals surface area contributed by atoms with E-state index in [1.54, 1.807) is 6.07 Å². The van der Waals surface area contributed by atoms with Crippen LogP contribution in [0.2, 0.25) is 0 Å². The zero-order valence-corrected chi connectivity index (χ0v) is 11.6. The minimum atomic E-state index is -0.424. The van der Waals surface area contributed by atoms with E-state index in [9.17, 15) is 10.1 Å². The number of hydrogen-bond donors (Lipinski definition) is 2. The quantitative estimate of drug-likeness (QED) is 0.614. The van der Waals surface area contributed by atoms with E-state index < -0.39 is 4.92 Å². The highest BCUT2D eigenvalue weighted by Crippen LogP contribution is 2.24.